The van der Waals surface area contributed by atoms with Gasteiger partial charge in [-0.15, -0.1) is 0 Å². The molecule has 7 nitrogen and oxygen atoms in total. The molecule has 0 fully saturated rings. The summed E-state index contributed by atoms with van der Waals surface area (Å²) in [7, 11) is 0. The third kappa shape index (κ3) is 7.50. The molecule has 0 radical (unpaired) electrons. The minimum absolute atomic E-state index is 0.196. The zero-order chi connectivity index (χ0) is 21.1. The summed E-state index contributed by atoms with van der Waals surface area (Å²) in [5.74, 6) is -0.174. The summed E-state index contributed by atoms with van der Waals surface area (Å²) in [6.45, 7) is 4.16. The number of ether oxygens (including phenoxy) is 2. The zero-order valence-corrected chi connectivity index (χ0v) is 16.4. The number of rotatable bonds is 8. The van der Waals surface area contributed by atoms with Crippen LogP contribution in [0.15, 0.2) is 60.7 Å². The maximum atomic E-state index is 12.3. The molecule has 0 aliphatic rings. The van der Waals surface area contributed by atoms with E-state index in [0.717, 1.165) is 12.0 Å². The highest BCUT2D eigenvalue weighted by molar-refractivity contribution is 5.99. The number of hydrogen-bond donors (Lipinski definition) is 2. The van der Waals surface area contributed by atoms with Crippen LogP contribution < -0.4 is 15.4 Å². The van der Waals surface area contributed by atoms with Crippen molar-refractivity contribution in [3.8, 4) is 5.75 Å². The van der Waals surface area contributed by atoms with Gasteiger partial charge in [0, 0.05) is 17.8 Å². The Morgan fingerprint density at radius 2 is 1.79 bits per heavy atom. The first-order valence-corrected chi connectivity index (χ1v) is 9.31. The predicted octanol–water partition coefficient (Wildman–Crippen LogP) is 4.06. The van der Waals surface area contributed by atoms with Crippen molar-refractivity contribution >= 4 is 23.7 Å². The van der Waals surface area contributed by atoms with Gasteiger partial charge in [-0.2, -0.15) is 0 Å². The summed E-state index contributed by atoms with van der Waals surface area (Å²) in [5.41, 5.74) is 1.93. The Bertz CT molecular complexity index is 875. The van der Waals surface area contributed by atoms with Gasteiger partial charge in [0.05, 0.1) is 6.61 Å². The van der Waals surface area contributed by atoms with Crippen molar-refractivity contribution in [2.24, 2.45) is 0 Å². The molecule has 2 aromatic rings. The molecule has 0 aliphatic heterocycles. The number of allylic oxidation sites excluding steroid dienone is 1. The molecule has 0 bridgehead atoms. The van der Waals surface area contributed by atoms with Gasteiger partial charge in [-0.3, -0.25) is 9.59 Å². The van der Waals surface area contributed by atoms with Gasteiger partial charge in [0.1, 0.15) is 5.75 Å². The lowest BCUT2D eigenvalue weighted by Crippen LogP contribution is -2.22. The topological polar surface area (TPSA) is 93.7 Å². The Balaban J connectivity index is 1.90. The first-order valence-electron chi connectivity index (χ1n) is 9.31. The van der Waals surface area contributed by atoms with Crippen LogP contribution in [0.5, 0.6) is 5.75 Å². The van der Waals surface area contributed by atoms with Crippen molar-refractivity contribution in [3.63, 3.8) is 0 Å². The maximum Gasteiger partial charge on any atom is 0.513 e. The summed E-state index contributed by atoms with van der Waals surface area (Å²) < 4.78 is 9.65. The van der Waals surface area contributed by atoms with Crippen LogP contribution in [-0.2, 0) is 16.1 Å². The summed E-state index contributed by atoms with van der Waals surface area (Å²) in [5, 5.41) is 5.59. The molecular formula is C22H24N2O5. The molecule has 0 saturated carbocycles. The van der Waals surface area contributed by atoms with Gasteiger partial charge in [-0.05, 0) is 61.4 Å². The number of anilines is 1. The molecule has 152 valence electrons. The zero-order valence-electron chi connectivity index (χ0n) is 16.4. The van der Waals surface area contributed by atoms with Crippen LogP contribution >= 0.6 is 0 Å². The van der Waals surface area contributed by atoms with Gasteiger partial charge < -0.3 is 20.1 Å². The van der Waals surface area contributed by atoms with Crippen LogP contribution in [-0.4, -0.2) is 24.6 Å². The monoisotopic (exact) mass is 396 g/mol. The molecule has 2 N–H and O–H groups in total. The maximum absolute atomic E-state index is 12.3. The van der Waals surface area contributed by atoms with E-state index < -0.39 is 6.16 Å². The van der Waals surface area contributed by atoms with Crippen molar-refractivity contribution in [1.82, 2.24) is 5.32 Å². The van der Waals surface area contributed by atoms with Gasteiger partial charge in [0.2, 0.25) is 5.91 Å². The fourth-order valence-electron chi connectivity index (χ4n) is 2.37. The fraction of sp³-hybridized carbons (Fsp3) is 0.227. The number of hydrogen-bond acceptors (Lipinski definition) is 5. The Labute approximate surface area is 169 Å². The molecule has 0 atom stereocenters. The molecular weight excluding hydrogens is 372 g/mol. The second-order valence-corrected chi connectivity index (χ2v) is 5.99. The molecule has 0 unspecified atom stereocenters. The fourth-order valence-corrected chi connectivity index (χ4v) is 2.37. The average Bonchev–Trinajstić information content (AvgIpc) is 2.71. The quantitative estimate of drug-likeness (QED) is 0.399. The molecule has 7 heteroatoms. The van der Waals surface area contributed by atoms with Crippen LogP contribution in [0.4, 0.5) is 10.5 Å². The first-order chi connectivity index (χ1) is 14.0. The van der Waals surface area contributed by atoms with Crippen molar-refractivity contribution < 1.29 is 23.9 Å². The van der Waals surface area contributed by atoms with Crippen LogP contribution in [0.25, 0.3) is 0 Å². The summed E-state index contributed by atoms with van der Waals surface area (Å²) in [6.07, 6.45) is 3.27. The summed E-state index contributed by atoms with van der Waals surface area (Å²) in [4.78, 5) is 35.4. The molecule has 0 heterocycles. The standard InChI is InChI=1S/C22H24N2O5/c1-3-5-9-20(25)24-18-8-6-7-16(14-18)15-23-21(26)17-10-12-19(13-11-17)29-22(27)28-4-2/h5-14H,3-4,15H2,1-2H3,(H,23,26)(H,24,25)/b9-5+. The molecule has 0 saturated heterocycles. The summed E-state index contributed by atoms with van der Waals surface area (Å²) >= 11 is 0. The smallest absolute Gasteiger partial charge is 0.434 e. The molecule has 2 aromatic carbocycles. The van der Waals surface area contributed by atoms with E-state index in [9.17, 15) is 14.4 Å². The number of nitrogens with one attached hydrogen (secondary N) is 2. The number of benzene rings is 2. The Morgan fingerprint density at radius 1 is 1.03 bits per heavy atom. The largest absolute Gasteiger partial charge is 0.513 e. The number of carbonyl (C=O) groups excluding carboxylic acids is 3. The molecule has 2 amide bonds. The minimum atomic E-state index is -0.790. The molecule has 0 aliphatic carbocycles. The average molecular weight is 396 g/mol. The van der Waals surface area contributed by atoms with Gasteiger partial charge in [0.15, 0.2) is 0 Å². The second kappa shape index (κ2) is 11.3. The highest BCUT2D eigenvalue weighted by atomic mass is 16.7. The van der Waals surface area contributed by atoms with Crippen molar-refractivity contribution in [3.05, 3.63) is 71.8 Å². The highest BCUT2D eigenvalue weighted by Crippen LogP contribution is 2.14. The Kier molecular flexibility index (Phi) is 8.44. The normalized spacial score (nSPS) is 10.4. The third-order valence-electron chi connectivity index (χ3n) is 3.73. The lowest BCUT2D eigenvalue weighted by molar-refractivity contribution is -0.111. The van der Waals surface area contributed by atoms with Crippen LogP contribution in [0, 0.1) is 0 Å². The van der Waals surface area contributed by atoms with Crippen molar-refractivity contribution in [2.75, 3.05) is 11.9 Å². The van der Waals surface area contributed by atoms with E-state index in [-0.39, 0.29) is 18.4 Å². The predicted molar refractivity (Wildman–Crippen MR) is 110 cm³/mol. The summed E-state index contributed by atoms with van der Waals surface area (Å²) in [6, 6.07) is 13.4. The van der Waals surface area contributed by atoms with E-state index >= 15 is 0 Å². The lowest BCUT2D eigenvalue weighted by atomic mass is 10.1. The van der Waals surface area contributed by atoms with E-state index in [4.69, 9.17) is 9.47 Å². The van der Waals surface area contributed by atoms with Crippen LogP contribution in [0.3, 0.4) is 0 Å². The van der Waals surface area contributed by atoms with E-state index in [1.54, 1.807) is 37.3 Å². The molecule has 29 heavy (non-hydrogen) atoms. The van der Waals surface area contributed by atoms with E-state index in [0.29, 0.717) is 23.5 Å². The van der Waals surface area contributed by atoms with Crippen LogP contribution in [0.2, 0.25) is 0 Å². The minimum Gasteiger partial charge on any atom is -0.434 e. The molecule has 0 aromatic heterocycles. The van der Waals surface area contributed by atoms with Gasteiger partial charge >= 0.3 is 6.16 Å². The van der Waals surface area contributed by atoms with E-state index in [1.165, 1.54) is 18.2 Å². The van der Waals surface area contributed by atoms with Crippen LogP contribution in [0.1, 0.15) is 36.2 Å². The number of carbonyl (C=O) groups is 3. The van der Waals surface area contributed by atoms with E-state index in [2.05, 4.69) is 10.6 Å². The van der Waals surface area contributed by atoms with Gasteiger partial charge in [0.25, 0.3) is 5.91 Å². The molecule has 2 rings (SSSR count). The molecule has 0 spiro atoms. The Morgan fingerprint density at radius 3 is 2.48 bits per heavy atom. The SMILES string of the molecule is CC/C=C/C(=O)Nc1cccc(CNC(=O)c2ccc(OC(=O)OCC)cc2)c1. The lowest BCUT2D eigenvalue weighted by Gasteiger charge is -2.09. The van der Waals surface area contributed by atoms with Crippen molar-refractivity contribution in [2.45, 2.75) is 26.8 Å². The first kappa shape index (κ1) is 21.7. The van der Waals surface area contributed by atoms with Gasteiger partial charge in [-0.1, -0.05) is 25.1 Å². The Hall–Kier alpha value is -3.61. The number of amides is 2. The highest BCUT2D eigenvalue weighted by Gasteiger charge is 2.09. The second-order valence-electron chi connectivity index (χ2n) is 5.99. The van der Waals surface area contributed by atoms with Crippen molar-refractivity contribution in [1.29, 1.82) is 0 Å². The van der Waals surface area contributed by atoms with E-state index in [1.807, 2.05) is 19.1 Å². The third-order valence-corrected chi connectivity index (χ3v) is 3.73. The van der Waals surface area contributed by atoms with Gasteiger partial charge in [-0.25, -0.2) is 4.79 Å².